The molecule has 0 aliphatic carbocycles. The maximum atomic E-state index is 11.6. The number of ether oxygens (including phenoxy) is 2. The minimum atomic E-state index is -0.632. The Balaban J connectivity index is 1.88. The lowest BCUT2D eigenvalue weighted by atomic mass is 10.2. The molecule has 9 heteroatoms. The molecule has 8 nitrogen and oxygen atoms in total. The highest BCUT2D eigenvalue weighted by atomic mass is 32.2. The summed E-state index contributed by atoms with van der Waals surface area (Å²) in [7, 11) is 0. The monoisotopic (exact) mass is 377 g/mol. The molecule has 1 aliphatic heterocycles. The molecule has 2 aromatic rings. The molecule has 0 atom stereocenters. The van der Waals surface area contributed by atoms with E-state index in [1.54, 1.807) is 0 Å². The zero-order chi connectivity index (χ0) is 18.7. The number of amides is 1. The number of nitrogens with two attached hydrogens (primary N) is 3. The van der Waals surface area contributed by atoms with Gasteiger partial charge >= 0.3 is 0 Å². The van der Waals surface area contributed by atoms with Gasteiger partial charge in [0.2, 0.25) is 6.79 Å². The van der Waals surface area contributed by atoms with Crippen molar-refractivity contribution in [3.63, 3.8) is 0 Å². The third kappa shape index (κ3) is 3.73. The molecule has 0 saturated carbocycles. The predicted molar refractivity (Wildman–Crippen MR) is 99.5 cm³/mol. The number of anilines is 1. The number of aromatic nitrogens is 2. The third-order valence-electron chi connectivity index (χ3n) is 4.16. The first kappa shape index (κ1) is 18.4. The van der Waals surface area contributed by atoms with E-state index in [9.17, 15) is 4.79 Å². The Morgan fingerprint density at radius 2 is 2.00 bits per heavy atom. The van der Waals surface area contributed by atoms with Crippen molar-refractivity contribution in [3.05, 3.63) is 23.4 Å². The zero-order valence-electron chi connectivity index (χ0n) is 14.7. The lowest BCUT2D eigenvalue weighted by molar-refractivity contribution is 0.0996. The van der Waals surface area contributed by atoms with E-state index < -0.39 is 5.91 Å². The van der Waals surface area contributed by atoms with Gasteiger partial charge in [-0.3, -0.25) is 4.79 Å². The molecular formula is C17H23N5O3S. The fourth-order valence-electron chi connectivity index (χ4n) is 2.74. The summed E-state index contributed by atoms with van der Waals surface area (Å²) in [5.74, 6) is 1.09. The minimum Gasteiger partial charge on any atom is -0.454 e. The molecule has 0 unspecified atom stereocenters. The van der Waals surface area contributed by atoms with E-state index in [-0.39, 0.29) is 12.5 Å². The number of rotatable bonds is 8. The van der Waals surface area contributed by atoms with E-state index in [1.165, 1.54) is 11.8 Å². The fraction of sp³-hybridized carbons (Fsp3) is 0.412. The van der Waals surface area contributed by atoms with Crippen LogP contribution in [0.15, 0.2) is 22.2 Å². The van der Waals surface area contributed by atoms with Crippen molar-refractivity contribution in [2.24, 2.45) is 11.5 Å². The molecule has 0 saturated heterocycles. The van der Waals surface area contributed by atoms with Gasteiger partial charge in [-0.2, -0.15) is 0 Å². The fourth-order valence-corrected chi connectivity index (χ4v) is 3.76. The summed E-state index contributed by atoms with van der Waals surface area (Å²) in [5, 5.41) is 0.631. The second kappa shape index (κ2) is 7.88. The number of fused-ring (bicyclic) bond motifs is 1. The molecule has 2 heterocycles. The first-order valence-electron chi connectivity index (χ1n) is 8.45. The van der Waals surface area contributed by atoms with Crippen LogP contribution in [0.25, 0.3) is 0 Å². The third-order valence-corrected chi connectivity index (χ3v) is 5.32. The lowest BCUT2D eigenvalue weighted by Gasteiger charge is -2.11. The molecule has 1 aromatic carbocycles. The van der Waals surface area contributed by atoms with Crippen molar-refractivity contribution in [2.75, 3.05) is 19.1 Å². The molecule has 1 amide bonds. The lowest BCUT2D eigenvalue weighted by Crippen LogP contribution is -2.14. The van der Waals surface area contributed by atoms with Gasteiger partial charge in [0, 0.05) is 11.4 Å². The summed E-state index contributed by atoms with van der Waals surface area (Å²) in [6.07, 6.45) is 2.82. The van der Waals surface area contributed by atoms with E-state index in [4.69, 9.17) is 26.7 Å². The molecule has 26 heavy (non-hydrogen) atoms. The molecule has 0 fully saturated rings. The van der Waals surface area contributed by atoms with E-state index in [1.807, 2.05) is 23.6 Å². The second-order valence-corrected chi connectivity index (χ2v) is 7.08. The van der Waals surface area contributed by atoms with Crippen LogP contribution in [0, 0.1) is 6.92 Å². The van der Waals surface area contributed by atoms with E-state index >= 15 is 0 Å². The van der Waals surface area contributed by atoms with Crippen molar-refractivity contribution < 1.29 is 14.3 Å². The Labute approximate surface area is 156 Å². The van der Waals surface area contributed by atoms with Crippen LogP contribution in [0.2, 0.25) is 0 Å². The van der Waals surface area contributed by atoms with Gasteiger partial charge in [0.25, 0.3) is 5.91 Å². The first-order chi connectivity index (χ1) is 12.5. The normalized spacial score (nSPS) is 12.5. The van der Waals surface area contributed by atoms with Crippen molar-refractivity contribution in [1.29, 1.82) is 0 Å². The number of benzene rings is 1. The Bertz CT molecular complexity index is 821. The van der Waals surface area contributed by atoms with Gasteiger partial charge in [-0.15, -0.1) is 0 Å². The molecule has 140 valence electrons. The maximum absolute atomic E-state index is 11.6. The molecule has 1 aromatic heterocycles. The molecule has 0 bridgehead atoms. The number of aryl methyl sites for hydroxylation is 1. The topological polar surface area (TPSA) is 131 Å². The van der Waals surface area contributed by atoms with Crippen LogP contribution < -0.4 is 26.7 Å². The number of imidazole rings is 1. The van der Waals surface area contributed by atoms with Crippen molar-refractivity contribution in [3.8, 4) is 11.5 Å². The molecule has 6 N–H and O–H groups in total. The molecule has 1 aliphatic rings. The number of primary amides is 1. The summed E-state index contributed by atoms with van der Waals surface area (Å²) in [6, 6.07) is 3.84. The Morgan fingerprint density at radius 1 is 1.27 bits per heavy atom. The Kier molecular flexibility index (Phi) is 5.58. The number of nitrogens with zero attached hydrogens (tertiary/aromatic N) is 2. The van der Waals surface area contributed by atoms with Gasteiger partial charge in [0.15, 0.2) is 22.3 Å². The van der Waals surface area contributed by atoms with Crippen LogP contribution in [0.3, 0.4) is 0 Å². The van der Waals surface area contributed by atoms with Gasteiger partial charge in [0.05, 0.1) is 0 Å². The smallest absolute Gasteiger partial charge is 0.271 e. The Morgan fingerprint density at radius 3 is 2.69 bits per heavy atom. The quantitative estimate of drug-likeness (QED) is 0.598. The summed E-state index contributed by atoms with van der Waals surface area (Å²) < 4.78 is 12.7. The molecule has 3 rings (SSSR count). The van der Waals surface area contributed by atoms with E-state index in [0.29, 0.717) is 29.8 Å². The summed E-state index contributed by atoms with van der Waals surface area (Å²) in [5.41, 5.74) is 18.2. The van der Waals surface area contributed by atoms with Crippen LogP contribution in [0.5, 0.6) is 11.5 Å². The number of unbranched alkanes of at least 4 members (excludes halogenated alkanes) is 2. The van der Waals surface area contributed by atoms with Gasteiger partial charge in [-0.05, 0) is 44.0 Å². The van der Waals surface area contributed by atoms with Crippen LogP contribution in [0.4, 0.5) is 5.82 Å². The highest BCUT2D eigenvalue weighted by Gasteiger charge is 2.22. The number of hydrogen-bond donors (Lipinski definition) is 3. The van der Waals surface area contributed by atoms with Crippen LogP contribution in [-0.2, 0) is 6.54 Å². The van der Waals surface area contributed by atoms with Gasteiger partial charge in [0.1, 0.15) is 5.82 Å². The van der Waals surface area contributed by atoms with Crippen LogP contribution in [0.1, 0.15) is 35.3 Å². The van der Waals surface area contributed by atoms with Crippen molar-refractivity contribution in [1.82, 2.24) is 9.55 Å². The van der Waals surface area contributed by atoms with Gasteiger partial charge in [-0.1, -0.05) is 18.2 Å². The number of nitrogen functional groups attached to an aromatic ring is 1. The number of hydrogen-bond acceptors (Lipinski definition) is 7. The Hall–Kier alpha value is -2.39. The summed E-state index contributed by atoms with van der Waals surface area (Å²) >= 11 is 1.43. The molecular weight excluding hydrogens is 354 g/mol. The number of carbonyl (C=O) groups excluding carboxylic acids is 1. The molecule has 0 spiro atoms. The van der Waals surface area contributed by atoms with Crippen LogP contribution in [-0.4, -0.2) is 28.8 Å². The number of carbonyl (C=O) groups is 1. The van der Waals surface area contributed by atoms with Crippen LogP contribution >= 0.6 is 11.8 Å². The second-order valence-electron chi connectivity index (χ2n) is 6.07. The summed E-state index contributed by atoms with van der Waals surface area (Å²) in [4.78, 5) is 17.0. The predicted octanol–water partition coefficient (Wildman–Crippen LogP) is 1.88. The van der Waals surface area contributed by atoms with Crippen molar-refractivity contribution in [2.45, 2.75) is 42.8 Å². The summed E-state index contributed by atoms with van der Waals surface area (Å²) in [6.45, 7) is 3.51. The average Bonchev–Trinajstić information content (AvgIpc) is 3.17. The van der Waals surface area contributed by atoms with Gasteiger partial charge < -0.3 is 31.2 Å². The minimum absolute atomic E-state index is 0.102. The SMILES string of the molecule is Cc1cc2c(cc1Sc1nc(C(N)=O)c(N)n1CCCCCN)OCO2. The maximum Gasteiger partial charge on any atom is 0.271 e. The highest BCUT2D eigenvalue weighted by Crippen LogP contribution is 2.40. The molecule has 0 radical (unpaired) electrons. The first-order valence-corrected chi connectivity index (χ1v) is 9.27. The van der Waals surface area contributed by atoms with Gasteiger partial charge in [-0.25, -0.2) is 4.98 Å². The van der Waals surface area contributed by atoms with E-state index in [2.05, 4.69) is 4.98 Å². The average molecular weight is 377 g/mol. The zero-order valence-corrected chi connectivity index (χ0v) is 15.5. The van der Waals surface area contributed by atoms with Crippen molar-refractivity contribution >= 4 is 23.5 Å². The largest absolute Gasteiger partial charge is 0.454 e. The standard InChI is InChI=1S/C17H23N5O3S/c1-10-7-11-12(25-9-24-11)8-13(10)26-17-21-14(16(20)23)15(19)22(17)6-4-2-3-5-18/h7-8H,2-6,9,18-19H2,1H3,(H2,20,23). The highest BCUT2D eigenvalue weighted by molar-refractivity contribution is 7.99. The van der Waals surface area contributed by atoms with E-state index in [0.717, 1.165) is 35.5 Å².